The van der Waals surface area contributed by atoms with Gasteiger partial charge in [0.15, 0.2) is 0 Å². The van der Waals surface area contributed by atoms with Crippen molar-refractivity contribution in [1.82, 2.24) is 9.97 Å². The van der Waals surface area contributed by atoms with Gasteiger partial charge in [0.05, 0.1) is 17.7 Å². The van der Waals surface area contributed by atoms with E-state index in [1.807, 2.05) is 31.2 Å². The zero-order valence-corrected chi connectivity index (χ0v) is 15.6. The summed E-state index contributed by atoms with van der Waals surface area (Å²) < 4.78 is 4.95. The van der Waals surface area contributed by atoms with Gasteiger partial charge in [-0.05, 0) is 49.7 Å². The second kappa shape index (κ2) is 8.77. The molecule has 3 rings (SSSR count). The number of aryl methyl sites for hydroxylation is 1. The van der Waals surface area contributed by atoms with Crippen LogP contribution in [0.2, 0.25) is 0 Å². The summed E-state index contributed by atoms with van der Waals surface area (Å²) in [6, 6.07) is 14.3. The van der Waals surface area contributed by atoms with Gasteiger partial charge >= 0.3 is 5.97 Å². The number of carbonyl (C=O) groups is 2. The number of nitrogens with one attached hydrogen (secondary N) is 2. The molecule has 0 spiro atoms. The molecule has 0 unspecified atom stereocenters. The van der Waals surface area contributed by atoms with E-state index in [4.69, 9.17) is 4.74 Å². The first-order chi connectivity index (χ1) is 13.6. The quantitative estimate of drug-likeness (QED) is 0.633. The van der Waals surface area contributed by atoms with Crippen molar-refractivity contribution in [2.24, 2.45) is 0 Å². The maximum Gasteiger partial charge on any atom is 0.338 e. The van der Waals surface area contributed by atoms with Gasteiger partial charge in [0.2, 0.25) is 5.95 Å². The van der Waals surface area contributed by atoms with Crippen molar-refractivity contribution in [3.05, 3.63) is 77.6 Å². The van der Waals surface area contributed by atoms with Crippen molar-refractivity contribution in [2.45, 2.75) is 13.8 Å². The summed E-state index contributed by atoms with van der Waals surface area (Å²) in [5, 5.41) is 5.86. The summed E-state index contributed by atoms with van der Waals surface area (Å²) in [6.07, 6.45) is 2.91. The first-order valence-electron chi connectivity index (χ1n) is 8.80. The highest BCUT2D eigenvalue weighted by Crippen LogP contribution is 2.16. The lowest BCUT2D eigenvalue weighted by molar-refractivity contribution is 0.0526. The lowest BCUT2D eigenvalue weighted by atomic mass is 10.2. The maximum atomic E-state index is 12.3. The number of benzene rings is 2. The molecule has 7 heteroatoms. The first kappa shape index (κ1) is 19.0. The average molecular weight is 376 g/mol. The third-order valence-corrected chi connectivity index (χ3v) is 3.96. The highest BCUT2D eigenvalue weighted by molar-refractivity contribution is 6.04. The molecule has 0 aliphatic rings. The van der Waals surface area contributed by atoms with Crippen LogP contribution < -0.4 is 10.6 Å². The second-order valence-corrected chi connectivity index (χ2v) is 5.99. The molecule has 28 heavy (non-hydrogen) atoms. The Bertz CT molecular complexity index is 970. The number of carbonyl (C=O) groups excluding carboxylic acids is 2. The molecular weight excluding hydrogens is 356 g/mol. The van der Waals surface area contributed by atoms with Gasteiger partial charge in [-0.3, -0.25) is 4.79 Å². The summed E-state index contributed by atoms with van der Waals surface area (Å²) in [5.74, 6) is -0.301. The predicted octanol–water partition coefficient (Wildman–Crippen LogP) is 3.96. The van der Waals surface area contributed by atoms with Gasteiger partial charge in [-0.25, -0.2) is 14.8 Å². The van der Waals surface area contributed by atoms with Gasteiger partial charge in [-0.2, -0.15) is 0 Å². The first-order valence-corrected chi connectivity index (χ1v) is 8.80. The van der Waals surface area contributed by atoms with Crippen LogP contribution in [0.25, 0.3) is 0 Å². The molecule has 0 radical (unpaired) electrons. The summed E-state index contributed by atoms with van der Waals surface area (Å²) in [6.45, 7) is 4.01. The number of para-hydroxylation sites is 1. The molecule has 0 aliphatic heterocycles. The zero-order valence-electron chi connectivity index (χ0n) is 15.6. The van der Waals surface area contributed by atoms with Crippen molar-refractivity contribution in [3.63, 3.8) is 0 Å². The Kier molecular flexibility index (Phi) is 5.96. The molecule has 0 fully saturated rings. The highest BCUT2D eigenvalue weighted by atomic mass is 16.5. The zero-order chi connectivity index (χ0) is 19.9. The van der Waals surface area contributed by atoms with E-state index in [9.17, 15) is 9.59 Å². The number of rotatable bonds is 6. The number of esters is 1. The van der Waals surface area contributed by atoms with E-state index in [1.54, 1.807) is 31.2 Å². The van der Waals surface area contributed by atoms with Crippen LogP contribution in [-0.2, 0) is 4.74 Å². The molecule has 0 bridgehead atoms. The molecule has 3 aromatic rings. The van der Waals surface area contributed by atoms with Crippen LogP contribution in [0.3, 0.4) is 0 Å². The van der Waals surface area contributed by atoms with Crippen LogP contribution in [-0.4, -0.2) is 28.5 Å². The van der Waals surface area contributed by atoms with Crippen LogP contribution in [0.15, 0.2) is 60.9 Å². The Hall–Kier alpha value is -3.74. The number of hydrogen-bond acceptors (Lipinski definition) is 6. The topological polar surface area (TPSA) is 93.2 Å². The van der Waals surface area contributed by atoms with Crippen molar-refractivity contribution in [2.75, 3.05) is 17.2 Å². The van der Waals surface area contributed by atoms with Crippen LogP contribution in [0, 0.1) is 6.92 Å². The van der Waals surface area contributed by atoms with Crippen molar-refractivity contribution < 1.29 is 14.3 Å². The predicted molar refractivity (Wildman–Crippen MR) is 107 cm³/mol. The van der Waals surface area contributed by atoms with Crippen molar-refractivity contribution in [3.8, 4) is 0 Å². The maximum absolute atomic E-state index is 12.3. The number of anilines is 3. The number of ether oxygens (including phenoxy) is 1. The Labute approximate surface area is 162 Å². The number of amides is 1. The molecule has 2 aromatic carbocycles. The minimum absolute atomic E-state index is 0.278. The largest absolute Gasteiger partial charge is 0.462 e. The molecule has 7 nitrogen and oxygen atoms in total. The van der Waals surface area contributed by atoms with E-state index < -0.39 is 0 Å². The molecule has 1 heterocycles. The van der Waals surface area contributed by atoms with Gasteiger partial charge in [0.25, 0.3) is 5.91 Å². The molecule has 0 saturated carbocycles. The lowest BCUT2D eigenvalue weighted by Gasteiger charge is -2.09. The highest BCUT2D eigenvalue weighted by Gasteiger charge is 2.10. The van der Waals surface area contributed by atoms with Gasteiger partial charge < -0.3 is 15.4 Å². The third-order valence-electron chi connectivity index (χ3n) is 3.96. The normalized spacial score (nSPS) is 10.2. The van der Waals surface area contributed by atoms with Gasteiger partial charge in [-0.1, -0.05) is 18.2 Å². The van der Waals surface area contributed by atoms with E-state index in [0.717, 1.165) is 11.3 Å². The SMILES string of the molecule is CCOC(=O)c1ccc(Nc2ncc(C(=O)Nc3ccccc3C)cn2)cc1. The smallest absolute Gasteiger partial charge is 0.338 e. The van der Waals surface area contributed by atoms with E-state index in [-0.39, 0.29) is 11.9 Å². The van der Waals surface area contributed by atoms with E-state index in [1.165, 1.54) is 12.4 Å². The van der Waals surface area contributed by atoms with Crippen molar-refractivity contribution >= 4 is 29.2 Å². The minimum Gasteiger partial charge on any atom is -0.462 e. The van der Waals surface area contributed by atoms with E-state index >= 15 is 0 Å². The Balaban J connectivity index is 1.63. The van der Waals surface area contributed by atoms with Gasteiger partial charge in [-0.15, -0.1) is 0 Å². The summed E-state index contributed by atoms with van der Waals surface area (Å²) in [5.41, 5.74) is 3.26. The molecule has 2 N–H and O–H groups in total. The van der Waals surface area contributed by atoms with E-state index in [0.29, 0.717) is 29.4 Å². The molecule has 0 aliphatic carbocycles. The van der Waals surface area contributed by atoms with Gasteiger partial charge in [0, 0.05) is 23.8 Å². The van der Waals surface area contributed by atoms with Crippen LogP contribution in [0.4, 0.5) is 17.3 Å². The number of aromatic nitrogens is 2. The molecule has 0 atom stereocenters. The third kappa shape index (κ3) is 4.70. The van der Waals surface area contributed by atoms with Crippen LogP contribution in [0.1, 0.15) is 33.2 Å². The molecule has 1 aromatic heterocycles. The molecule has 142 valence electrons. The summed E-state index contributed by atoms with van der Waals surface area (Å²) >= 11 is 0. The number of hydrogen-bond donors (Lipinski definition) is 2. The summed E-state index contributed by atoms with van der Waals surface area (Å²) in [4.78, 5) is 32.3. The summed E-state index contributed by atoms with van der Waals surface area (Å²) in [7, 11) is 0. The Morgan fingerprint density at radius 3 is 2.29 bits per heavy atom. The minimum atomic E-state index is -0.366. The average Bonchev–Trinajstić information content (AvgIpc) is 2.71. The molecule has 0 saturated heterocycles. The standard InChI is InChI=1S/C21H20N4O3/c1-3-28-20(27)15-8-10-17(11-9-15)24-21-22-12-16(13-23-21)19(26)25-18-7-5-4-6-14(18)2/h4-13H,3H2,1-2H3,(H,25,26)(H,22,23,24). The van der Waals surface area contributed by atoms with Crippen LogP contribution in [0.5, 0.6) is 0 Å². The fraction of sp³-hybridized carbons (Fsp3) is 0.143. The number of nitrogens with zero attached hydrogens (tertiary/aromatic N) is 2. The fourth-order valence-corrected chi connectivity index (χ4v) is 2.45. The lowest BCUT2D eigenvalue weighted by Crippen LogP contribution is -2.13. The molecule has 1 amide bonds. The van der Waals surface area contributed by atoms with E-state index in [2.05, 4.69) is 20.6 Å². The Morgan fingerprint density at radius 2 is 1.64 bits per heavy atom. The van der Waals surface area contributed by atoms with Gasteiger partial charge in [0.1, 0.15) is 0 Å². The van der Waals surface area contributed by atoms with Crippen molar-refractivity contribution in [1.29, 1.82) is 0 Å². The monoisotopic (exact) mass is 376 g/mol. The van der Waals surface area contributed by atoms with Crippen LogP contribution >= 0.6 is 0 Å². The molecular formula is C21H20N4O3. The Morgan fingerprint density at radius 1 is 0.964 bits per heavy atom. The second-order valence-electron chi connectivity index (χ2n) is 5.99. The fourth-order valence-electron chi connectivity index (χ4n) is 2.45.